The molecule has 6 heteroatoms. The van der Waals surface area contributed by atoms with Gasteiger partial charge in [0, 0.05) is 13.0 Å². The van der Waals surface area contributed by atoms with Gasteiger partial charge >= 0.3 is 0 Å². The van der Waals surface area contributed by atoms with Gasteiger partial charge in [0.2, 0.25) is 5.91 Å². The Morgan fingerprint density at radius 3 is 2.75 bits per heavy atom. The third-order valence-corrected chi connectivity index (χ3v) is 3.28. The molecule has 0 aliphatic carbocycles. The number of benzene rings is 1. The summed E-state index contributed by atoms with van der Waals surface area (Å²) in [6.07, 6.45) is 0.184. The van der Waals surface area contributed by atoms with E-state index in [4.69, 9.17) is 10.5 Å². The minimum Gasteiger partial charge on any atom is -0.480 e. The van der Waals surface area contributed by atoms with Gasteiger partial charge in [0.15, 0.2) is 6.10 Å². The Balaban J connectivity index is 2.43. The maximum Gasteiger partial charge on any atom is 0.260 e. The second kappa shape index (κ2) is 7.89. The summed E-state index contributed by atoms with van der Waals surface area (Å²) in [6.45, 7) is 4.06. The standard InChI is InChI=1S/C14H19BrN2O3/c1-9-5-6-12(11(15)8-9)20-10(2)14(19)17-7-3-4-13(16)18/h5-6,8,10H,3-4,7H2,1-2H3,(H2,16,18)(H,17,19)/t10-/m0/s1. The Hall–Kier alpha value is -1.56. The molecule has 0 bridgehead atoms. The molecule has 0 aromatic heterocycles. The Morgan fingerprint density at radius 1 is 1.45 bits per heavy atom. The van der Waals surface area contributed by atoms with Crippen LogP contribution in [0.2, 0.25) is 0 Å². The van der Waals surface area contributed by atoms with Crippen molar-refractivity contribution in [1.29, 1.82) is 0 Å². The molecule has 3 N–H and O–H groups in total. The van der Waals surface area contributed by atoms with Gasteiger partial charge in [0.05, 0.1) is 4.47 Å². The molecule has 0 spiro atoms. The quantitative estimate of drug-likeness (QED) is 0.742. The van der Waals surface area contributed by atoms with Crippen molar-refractivity contribution in [3.05, 3.63) is 28.2 Å². The number of ether oxygens (including phenoxy) is 1. The third kappa shape index (κ3) is 5.61. The predicted molar refractivity (Wildman–Crippen MR) is 80.4 cm³/mol. The highest BCUT2D eigenvalue weighted by molar-refractivity contribution is 9.10. The van der Waals surface area contributed by atoms with Gasteiger partial charge in [-0.3, -0.25) is 9.59 Å². The molecule has 2 amide bonds. The van der Waals surface area contributed by atoms with E-state index in [-0.39, 0.29) is 18.2 Å². The molecular formula is C14H19BrN2O3. The van der Waals surface area contributed by atoms with Gasteiger partial charge in [-0.1, -0.05) is 6.07 Å². The first-order valence-electron chi connectivity index (χ1n) is 6.39. The smallest absolute Gasteiger partial charge is 0.260 e. The van der Waals surface area contributed by atoms with Gasteiger partial charge in [0.25, 0.3) is 5.91 Å². The Labute approximate surface area is 127 Å². The number of primary amides is 1. The normalized spacial score (nSPS) is 11.8. The summed E-state index contributed by atoms with van der Waals surface area (Å²) in [5.74, 6) is 0.0319. The molecule has 1 aromatic carbocycles. The largest absolute Gasteiger partial charge is 0.480 e. The van der Waals surface area contributed by atoms with Crippen molar-refractivity contribution in [2.24, 2.45) is 5.73 Å². The van der Waals surface area contributed by atoms with Crippen LogP contribution in [0.5, 0.6) is 5.75 Å². The Bertz CT molecular complexity index is 491. The highest BCUT2D eigenvalue weighted by Crippen LogP contribution is 2.26. The van der Waals surface area contributed by atoms with Gasteiger partial charge in [-0.25, -0.2) is 0 Å². The van der Waals surface area contributed by atoms with Gasteiger partial charge in [-0.15, -0.1) is 0 Å². The van der Waals surface area contributed by atoms with Crippen LogP contribution in [0.3, 0.4) is 0 Å². The van der Waals surface area contributed by atoms with E-state index in [1.54, 1.807) is 6.92 Å². The zero-order valence-corrected chi connectivity index (χ0v) is 13.2. The highest BCUT2D eigenvalue weighted by Gasteiger charge is 2.15. The van der Waals surface area contributed by atoms with E-state index in [1.165, 1.54) is 0 Å². The minimum absolute atomic E-state index is 0.220. The van der Waals surface area contributed by atoms with E-state index < -0.39 is 6.10 Å². The lowest BCUT2D eigenvalue weighted by Crippen LogP contribution is -2.37. The van der Waals surface area contributed by atoms with Crippen LogP contribution >= 0.6 is 15.9 Å². The molecule has 0 unspecified atom stereocenters. The highest BCUT2D eigenvalue weighted by atomic mass is 79.9. The van der Waals surface area contributed by atoms with Crippen LogP contribution in [0.4, 0.5) is 0 Å². The summed E-state index contributed by atoms with van der Waals surface area (Å²) in [5, 5.41) is 2.70. The first-order valence-corrected chi connectivity index (χ1v) is 7.18. The van der Waals surface area contributed by atoms with E-state index in [2.05, 4.69) is 21.2 Å². The summed E-state index contributed by atoms with van der Waals surface area (Å²) in [5.41, 5.74) is 6.12. The number of nitrogens with one attached hydrogen (secondary N) is 1. The van der Waals surface area contributed by atoms with Crippen LogP contribution in [-0.2, 0) is 9.59 Å². The van der Waals surface area contributed by atoms with Crippen molar-refractivity contribution in [1.82, 2.24) is 5.32 Å². The van der Waals surface area contributed by atoms with Crippen molar-refractivity contribution in [3.8, 4) is 5.75 Å². The SMILES string of the molecule is Cc1ccc(O[C@@H](C)C(=O)NCCCC(N)=O)c(Br)c1. The molecule has 20 heavy (non-hydrogen) atoms. The summed E-state index contributed by atoms with van der Waals surface area (Å²) in [7, 11) is 0. The third-order valence-electron chi connectivity index (χ3n) is 2.66. The number of rotatable bonds is 7. The fraction of sp³-hybridized carbons (Fsp3) is 0.429. The average Bonchev–Trinajstić information content (AvgIpc) is 2.37. The molecule has 110 valence electrons. The number of aryl methyl sites for hydroxylation is 1. The van der Waals surface area contributed by atoms with E-state index in [0.29, 0.717) is 18.7 Å². The lowest BCUT2D eigenvalue weighted by molar-refractivity contribution is -0.127. The summed E-state index contributed by atoms with van der Waals surface area (Å²) in [4.78, 5) is 22.4. The van der Waals surface area contributed by atoms with Gasteiger partial charge in [-0.2, -0.15) is 0 Å². The number of hydrogen-bond donors (Lipinski definition) is 2. The molecule has 0 radical (unpaired) electrons. The van der Waals surface area contributed by atoms with E-state index in [1.807, 2.05) is 25.1 Å². The lowest BCUT2D eigenvalue weighted by Gasteiger charge is -2.16. The van der Waals surface area contributed by atoms with Gasteiger partial charge < -0.3 is 15.8 Å². The van der Waals surface area contributed by atoms with Crippen molar-refractivity contribution in [2.45, 2.75) is 32.8 Å². The molecular weight excluding hydrogens is 324 g/mol. The zero-order chi connectivity index (χ0) is 15.1. The maximum absolute atomic E-state index is 11.8. The van der Waals surface area contributed by atoms with Crippen LogP contribution in [-0.4, -0.2) is 24.5 Å². The molecule has 0 saturated carbocycles. The molecule has 0 aliphatic heterocycles. The van der Waals surface area contributed by atoms with Crippen LogP contribution < -0.4 is 15.8 Å². The molecule has 0 aliphatic rings. The number of carbonyl (C=O) groups excluding carboxylic acids is 2. The second-order valence-corrected chi connectivity index (χ2v) is 5.41. The fourth-order valence-corrected chi connectivity index (χ4v) is 2.15. The molecule has 1 atom stereocenters. The predicted octanol–water partition coefficient (Wildman–Crippen LogP) is 1.91. The van der Waals surface area contributed by atoms with E-state index in [9.17, 15) is 9.59 Å². The number of amides is 2. The number of carbonyl (C=O) groups is 2. The minimum atomic E-state index is -0.609. The van der Waals surface area contributed by atoms with Crippen LogP contribution in [0.15, 0.2) is 22.7 Å². The monoisotopic (exact) mass is 342 g/mol. The maximum atomic E-state index is 11.8. The van der Waals surface area contributed by atoms with Crippen LogP contribution in [0.25, 0.3) is 0 Å². The van der Waals surface area contributed by atoms with Gasteiger partial charge in [0.1, 0.15) is 5.75 Å². The topological polar surface area (TPSA) is 81.4 Å². The molecule has 0 saturated heterocycles. The molecule has 0 fully saturated rings. The summed E-state index contributed by atoms with van der Waals surface area (Å²) >= 11 is 3.40. The molecule has 0 heterocycles. The van der Waals surface area contributed by atoms with E-state index >= 15 is 0 Å². The number of nitrogens with two attached hydrogens (primary N) is 1. The van der Waals surface area contributed by atoms with Crippen LogP contribution in [0.1, 0.15) is 25.3 Å². The van der Waals surface area contributed by atoms with Gasteiger partial charge in [-0.05, 0) is 53.9 Å². The van der Waals surface area contributed by atoms with Crippen molar-refractivity contribution in [3.63, 3.8) is 0 Å². The Kier molecular flexibility index (Phi) is 6.51. The van der Waals surface area contributed by atoms with Crippen molar-refractivity contribution >= 4 is 27.7 Å². The lowest BCUT2D eigenvalue weighted by atomic mass is 10.2. The molecule has 5 nitrogen and oxygen atoms in total. The first kappa shape index (κ1) is 16.5. The molecule has 1 aromatic rings. The number of hydrogen-bond acceptors (Lipinski definition) is 3. The van der Waals surface area contributed by atoms with E-state index in [0.717, 1.165) is 10.0 Å². The molecule has 1 rings (SSSR count). The second-order valence-electron chi connectivity index (χ2n) is 4.55. The van der Waals surface area contributed by atoms with Crippen molar-refractivity contribution < 1.29 is 14.3 Å². The average molecular weight is 343 g/mol. The summed E-state index contributed by atoms with van der Waals surface area (Å²) < 4.78 is 6.40. The number of halogens is 1. The zero-order valence-electron chi connectivity index (χ0n) is 11.6. The summed E-state index contributed by atoms with van der Waals surface area (Å²) in [6, 6.07) is 5.65. The Morgan fingerprint density at radius 2 is 2.15 bits per heavy atom. The fourth-order valence-electron chi connectivity index (χ4n) is 1.56. The first-order chi connectivity index (χ1) is 9.40. The van der Waals surface area contributed by atoms with Crippen LogP contribution in [0, 0.1) is 6.92 Å². The van der Waals surface area contributed by atoms with Crippen molar-refractivity contribution in [2.75, 3.05) is 6.54 Å².